The number of aliphatic hydroxyl groups is 1. The van der Waals surface area contributed by atoms with Gasteiger partial charge in [0.25, 0.3) is 0 Å². The Morgan fingerprint density at radius 2 is 1.89 bits per heavy atom. The first-order valence-electron chi connectivity index (χ1n) is 8.73. The number of hydrogen-bond acceptors (Lipinski definition) is 4. The second-order valence-corrected chi connectivity index (χ2v) is 6.71. The molecule has 0 bridgehead atoms. The first kappa shape index (κ1) is 19.5. The summed E-state index contributed by atoms with van der Waals surface area (Å²) in [4.78, 5) is 1.85. The zero-order valence-corrected chi connectivity index (χ0v) is 15.2. The molecule has 1 aliphatic rings. The first-order chi connectivity index (χ1) is 12.9. The summed E-state index contributed by atoms with van der Waals surface area (Å²) < 4.78 is 52.0. The minimum absolute atomic E-state index is 0.201. The molecule has 2 atom stereocenters. The second kappa shape index (κ2) is 8.19. The van der Waals surface area contributed by atoms with Crippen molar-refractivity contribution in [3.05, 3.63) is 58.9 Å². The molecule has 4 nitrogen and oxygen atoms in total. The second-order valence-electron chi connectivity index (χ2n) is 6.71. The summed E-state index contributed by atoms with van der Waals surface area (Å²) in [6.45, 7) is 2.51. The molecule has 2 aromatic rings. The average molecular weight is 381 g/mol. The fourth-order valence-electron chi connectivity index (χ4n) is 3.21. The van der Waals surface area contributed by atoms with E-state index in [2.05, 4.69) is 0 Å². The van der Waals surface area contributed by atoms with Gasteiger partial charge in [-0.2, -0.15) is 0 Å². The van der Waals surface area contributed by atoms with Gasteiger partial charge in [-0.25, -0.2) is 13.2 Å². The Labute approximate surface area is 156 Å². The van der Waals surface area contributed by atoms with Gasteiger partial charge in [-0.3, -0.25) is 4.90 Å². The molecule has 0 aliphatic carbocycles. The molecule has 0 amide bonds. The molecular weight excluding hydrogens is 359 g/mol. The SMILES string of the molecule is COc1cc(F)ccc1O[C@@H]1CCN(Cc2ccc(C)c(F)c2F)C[C@H]1O. The van der Waals surface area contributed by atoms with Gasteiger partial charge in [0.15, 0.2) is 23.1 Å². The van der Waals surface area contributed by atoms with E-state index in [0.717, 1.165) is 0 Å². The van der Waals surface area contributed by atoms with Gasteiger partial charge in [-0.15, -0.1) is 0 Å². The van der Waals surface area contributed by atoms with Gasteiger partial charge in [0.1, 0.15) is 18.0 Å². The van der Waals surface area contributed by atoms with E-state index in [1.54, 1.807) is 12.1 Å². The summed E-state index contributed by atoms with van der Waals surface area (Å²) in [5.74, 6) is -1.53. The maximum Gasteiger partial charge on any atom is 0.163 e. The molecule has 1 aliphatic heterocycles. The van der Waals surface area contributed by atoms with Gasteiger partial charge < -0.3 is 14.6 Å². The topological polar surface area (TPSA) is 41.9 Å². The summed E-state index contributed by atoms with van der Waals surface area (Å²) in [7, 11) is 1.41. The lowest BCUT2D eigenvalue weighted by molar-refractivity contribution is -0.0285. The molecule has 3 rings (SSSR count). The van der Waals surface area contributed by atoms with Crippen LogP contribution in [-0.2, 0) is 6.54 Å². The molecule has 7 heteroatoms. The van der Waals surface area contributed by atoms with Gasteiger partial charge >= 0.3 is 0 Å². The number of nitrogens with zero attached hydrogens (tertiary/aromatic N) is 1. The predicted molar refractivity (Wildman–Crippen MR) is 94.4 cm³/mol. The van der Waals surface area contributed by atoms with Crippen LogP contribution >= 0.6 is 0 Å². The summed E-state index contributed by atoms with van der Waals surface area (Å²) in [6, 6.07) is 7.03. The molecule has 27 heavy (non-hydrogen) atoms. The minimum atomic E-state index is -0.848. The number of methoxy groups -OCH3 is 1. The molecule has 0 saturated carbocycles. The lowest BCUT2D eigenvalue weighted by Gasteiger charge is -2.36. The van der Waals surface area contributed by atoms with Crippen LogP contribution in [0.5, 0.6) is 11.5 Å². The Bertz CT molecular complexity index is 815. The Balaban J connectivity index is 1.64. The number of likely N-dealkylation sites (tertiary alicyclic amines) is 1. The van der Waals surface area contributed by atoms with Crippen molar-refractivity contribution in [2.75, 3.05) is 20.2 Å². The number of rotatable bonds is 5. The van der Waals surface area contributed by atoms with Crippen molar-refractivity contribution in [1.29, 1.82) is 0 Å². The van der Waals surface area contributed by atoms with E-state index in [9.17, 15) is 18.3 Å². The zero-order chi connectivity index (χ0) is 19.6. The van der Waals surface area contributed by atoms with Crippen LogP contribution in [0.25, 0.3) is 0 Å². The van der Waals surface area contributed by atoms with Crippen LogP contribution < -0.4 is 9.47 Å². The lowest BCUT2D eigenvalue weighted by atomic mass is 10.0. The Kier molecular flexibility index (Phi) is 5.92. The van der Waals surface area contributed by atoms with Gasteiger partial charge in [-0.1, -0.05) is 12.1 Å². The minimum Gasteiger partial charge on any atom is -0.493 e. The standard InChI is InChI=1S/C20H22F3NO3/c1-12-3-4-13(20(23)19(12)22)10-24-8-7-16(15(25)11-24)27-17-6-5-14(21)9-18(17)26-2/h3-6,9,15-16,25H,7-8,10-11H2,1-2H3/t15-,16-/m1/s1. The van der Waals surface area contributed by atoms with Crippen molar-refractivity contribution in [1.82, 2.24) is 4.90 Å². The van der Waals surface area contributed by atoms with Gasteiger partial charge in [-0.05, 0) is 31.0 Å². The summed E-state index contributed by atoms with van der Waals surface area (Å²) in [5, 5.41) is 10.4. The van der Waals surface area contributed by atoms with Gasteiger partial charge in [0.05, 0.1) is 7.11 Å². The molecule has 0 aromatic heterocycles. The average Bonchev–Trinajstić information content (AvgIpc) is 2.65. The molecule has 0 radical (unpaired) electrons. The fourth-order valence-corrected chi connectivity index (χ4v) is 3.21. The Morgan fingerprint density at radius 1 is 1.11 bits per heavy atom. The van der Waals surface area contributed by atoms with E-state index in [0.29, 0.717) is 18.7 Å². The van der Waals surface area contributed by atoms with Crippen molar-refractivity contribution in [3.63, 3.8) is 0 Å². The molecule has 0 unspecified atom stereocenters. The third-order valence-corrected chi connectivity index (χ3v) is 4.76. The molecule has 1 saturated heterocycles. The van der Waals surface area contributed by atoms with Crippen molar-refractivity contribution >= 4 is 0 Å². The normalized spacial score (nSPS) is 20.5. The van der Waals surface area contributed by atoms with E-state index in [1.807, 2.05) is 4.90 Å². The fraction of sp³-hybridized carbons (Fsp3) is 0.400. The highest BCUT2D eigenvalue weighted by Gasteiger charge is 2.30. The van der Waals surface area contributed by atoms with E-state index >= 15 is 0 Å². The highest BCUT2D eigenvalue weighted by atomic mass is 19.2. The molecule has 146 valence electrons. The Morgan fingerprint density at radius 3 is 2.59 bits per heavy atom. The Hall–Kier alpha value is -2.25. The molecular formula is C20H22F3NO3. The highest BCUT2D eigenvalue weighted by Crippen LogP contribution is 2.30. The van der Waals surface area contributed by atoms with Gasteiger partial charge in [0, 0.05) is 31.3 Å². The number of hydrogen-bond donors (Lipinski definition) is 1. The van der Waals surface area contributed by atoms with E-state index in [4.69, 9.17) is 9.47 Å². The number of aliphatic hydroxyl groups excluding tert-OH is 1. The predicted octanol–water partition coefficient (Wildman–Crippen LogP) is 3.44. The van der Waals surface area contributed by atoms with Crippen LogP contribution in [0.2, 0.25) is 0 Å². The first-order valence-corrected chi connectivity index (χ1v) is 8.73. The number of halogens is 3. The summed E-state index contributed by atoms with van der Waals surface area (Å²) in [5.41, 5.74) is 0.515. The van der Waals surface area contributed by atoms with Crippen LogP contribution in [0.3, 0.4) is 0 Å². The lowest BCUT2D eigenvalue weighted by Crippen LogP contribution is -2.48. The molecule has 2 aromatic carbocycles. The monoisotopic (exact) mass is 381 g/mol. The number of ether oxygens (including phenoxy) is 2. The third-order valence-electron chi connectivity index (χ3n) is 4.76. The van der Waals surface area contributed by atoms with E-state index < -0.39 is 29.7 Å². The zero-order valence-electron chi connectivity index (χ0n) is 15.2. The van der Waals surface area contributed by atoms with Crippen molar-refractivity contribution in [2.24, 2.45) is 0 Å². The number of β-amino-alcohol motifs (C(OH)–C–C–N with tert-alkyl or cyclic N) is 1. The van der Waals surface area contributed by atoms with Crippen LogP contribution in [0.4, 0.5) is 13.2 Å². The maximum atomic E-state index is 14.1. The van der Waals surface area contributed by atoms with Crippen LogP contribution in [0.1, 0.15) is 17.5 Å². The largest absolute Gasteiger partial charge is 0.493 e. The molecule has 1 N–H and O–H groups in total. The van der Waals surface area contributed by atoms with E-state index in [1.165, 1.54) is 32.2 Å². The molecule has 1 fully saturated rings. The molecule has 1 heterocycles. The summed E-state index contributed by atoms with van der Waals surface area (Å²) in [6.07, 6.45) is -0.843. The quantitative estimate of drug-likeness (QED) is 0.862. The third kappa shape index (κ3) is 4.36. The van der Waals surface area contributed by atoms with Crippen LogP contribution in [0, 0.1) is 24.4 Å². The highest BCUT2D eigenvalue weighted by molar-refractivity contribution is 5.40. The smallest absolute Gasteiger partial charge is 0.163 e. The van der Waals surface area contributed by atoms with Crippen LogP contribution in [0.15, 0.2) is 30.3 Å². The van der Waals surface area contributed by atoms with Crippen LogP contribution in [-0.4, -0.2) is 42.4 Å². The van der Waals surface area contributed by atoms with Crippen molar-refractivity contribution in [3.8, 4) is 11.5 Å². The number of benzene rings is 2. The molecule has 0 spiro atoms. The number of piperidine rings is 1. The van der Waals surface area contributed by atoms with Crippen molar-refractivity contribution in [2.45, 2.75) is 32.1 Å². The number of aryl methyl sites for hydroxylation is 1. The van der Waals surface area contributed by atoms with Crippen molar-refractivity contribution < 1.29 is 27.8 Å². The van der Waals surface area contributed by atoms with E-state index in [-0.39, 0.29) is 30.0 Å². The maximum absolute atomic E-state index is 14.1. The van der Waals surface area contributed by atoms with Gasteiger partial charge in [0.2, 0.25) is 0 Å². The summed E-state index contributed by atoms with van der Waals surface area (Å²) >= 11 is 0.